The number of carbonyl (C=O) groups excluding carboxylic acids is 1. The number of benzene rings is 1. The van der Waals surface area contributed by atoms with Crippen molar-refractivity contribution < 1.29 is 9.58 Å². The van der Waals surface area contributed by atoms with Crippen molar-refractivity contribution in [1.82, 2.24) is 0 Å². The van der Waals surface area contributed by atoms with Crippen molar-refractivity contribution in [3.63, 3.8) is 0 Å². The molecule has 1 aromatic rings. The van der Waals surface area contributed by atoms with Crippen LogP contribution >= 0.6 is 0 Å². The van der Waals surface area contributed by atoms with Crippen LogP contribution in [0.25, 0.3) is 5.53 Å². The smallest absolute Gasteiger partial charge is 0.328 e. The number of hydrogen-bond donors (Lipinski definition) is 0. The van der Waals surface area contributed by atoms with Crippen LogP contribution in [0.3, 0.4) is 0 Å². The number of ketones is 1. The second-order valence-corrected chi connectivity index (χ2v) is 3.58. The fourth-order valence-electron chi connectivity index (χ4n) is 1.15. The van der Waals surface area contributed by atoms with E-state index < -0.39 is 0 Å². The molecule has 0 fully saturated rings. The van der Waals surface area contributed by atoms with Gasteiger partial charge in [0.1, 0.15) is 0 Å². The lowest BCUT2D eigenvalue weighted by Crippen LogP contribution is -2.03. The van der Waals surface area contributed by atoms with Gasteiger partial charge in [-0.15, -0.1) is 0 Å². The van der Waals surface area contributed by atoms with Crippen LogP contribution in [0.15, 0.2) is 24.3 Å². The minimum Gasteiger partial charge on any atom is -0.361 e. The van der Waals surface area contributed by atoms with Crippen molar-refractivity contribution in [2.24, 2.45) is 5.92 Å². The van der Waals surface area contributed by atoms with Crippen molar-refractivity contribution in [3.05, 3.63) is 40.9 Å². The number of hydrogen-bond acceptors (Lipinski definition) is 1. The van der Waals surface area contributed by atoms with E-state index in [0.717, 1.165) is 6.21 Å². The molecule has 0 saturated carbocycles. The Balaban J connectivity index is 3.16. The lowest BCUT2D eigenvalue weighted by atomic mass is 10.0. The molecular formula is C13H12N2O. The van der Waals surface area contributed by atoms with Crippen LogP contribution in [-0.2, 0) is 0 Å². The SMILES string of the molecule is CC(C)C#Cc1ccccc1C(=O)C=[N+]=[N-]. The highest BCUT2D eigenvalue weighted by atomic mass is 16.1. The third-order valence-electron chi connectivity index (χ3n) is 1.86. The zero-order valence-electron chi connectivity index (χ0n) is 9.27. The van der Waals surface area contributed by atoms with Crippen molar-refractivity contribution in [2.75, 3.05) is 0 Å². The van der Waals surface area contributed by atoms with Gasteiger partial charge in [0.15, 0.2) is 0 Å². The van der Waals surface area contributed by atoms with Gasteiger partial charge < -0.3 is 5.53 Å². The fraction of sp³-hybridized carbons (Fsp3) is 0.231. The number of rotatable bonds is 2. The molecule has 3 nitrogen and oxygen atoms in total. The maximum atomic E-state index is 11.5. The molecule has 0 saturated heterocycles. The van der Waals surface area contributed by atoms with Crippen LogP contribution in [0.5, 0.6) is 0 Å². The topological polar surface area (TPSA) is 53.5 Å². The van der Waals surface area contributed by atoms with Crippen molar-refractivity contribution in [2.45, 2.75) is 13.8 Å². The van der Waals surface area contributed by atoms with Crippen LogP contribution in [0.4, 0.5) is 0 Å². The third-order valence-corrected chi connectivity index (χ3v) is 1.86. The Bertz CT molecular complexity index is 500. The van der Waals surface area contributed by atoms with Crippen LogP contribution < -0.4 is 0 Å². The highest BCUT2D eigenvalue weighted by molar-refractivity contribution is 6.34. The Morgan fingerprint density at radius 2 is 2.12 bits per heavy atom. The Hall–Kier alpha value is -2.17. The predicted molar refractivity (Wildman–Crippen MR) is 62.2 cm³/mol. The van der Waals surface area contributed by atoms with Crippen LogP contribution in [0, 0.1) is 17.8 Å². The Morgan fingerprint density at radius 3 is 2.75 bits per heavy atom. The standard InChI is InChI=1S/C13H12N2O/c1-10(2)7-8-11-5-3-4-6-12(11)13(16)9-15-14/h3-6,9-10H,1-2H3. The molecule has 16 heavy (non-hydrogen) atoms. The summed E-state index contributed by atoms with van der Waals surface area (Å²) in [4.78, 5) is 14.3. The Labute approximate surface area is 94.7 Å². The van der Waals surface area contributed by atoms with Gasteiger partial charge in [0, 0.05) is 17.0 Å². The molecule has 0 aliphatic heterocycles. The van der Waals surface area contributed by atoms with Gasteiger partial charge >= 0.3 is 6.21 Å². The quantitative estimate of drug-likeness (QED) is 0.244. The lowest BCUT2D eigenvalue weighted by molar-refractivity contribution is 0.00234. The molecule has 3 heteroatoms. The highest BCUT2D eigenvalue weighted by Crippen LogP contribution is 2.07. The Kier molecular flexibility index (Phi) is 4.20. The second-order valence-electron chi connectivity index (χ2n) is 3.58. The molecule has 0 unspecified atom stereocenters. The Morgan fingerprint density at radius 1 is 1.44 bits per heavy atom. The summed E-state index contributed by atoms with van der Waals surface area (Å²) in [5, 5.41) is 0. The van der Waals surface area contributed by atoms with Crippen molar-refractivity contribution >= 4 is 12.0 Å². The minimum absolute atomic E-state index is 0.245. The van der Waals surface area contributed by atoms with E-state index in [2.05, 4.69) is 16.6 Å². The summed E-state index contributed by atoms with van der Waals surface area (Å²) < 4.78 is 0. The summed E-state index contributed by atoms with van der Waals surface area (Å²) in [6, 6.07) is 7.00. The summed E-state index contributed by atoms with van der Waals surface area (Å²) in [7, 11) is 0. The normalized spacial score (nSPS) is 8.94. The molecule has 0 N–H and O–H groups in total. The van der Waals surface area contributed by atoms with Gasteiger partial charge in [0.2, 0.25) is 0 Å². The fourth-order valence-corrected chi connectivity index (χ4v) is 1.15. The minimum atomic E-state index is -0.351. The summed E-state index contributed by atoms with van der Waals surface area (Å²) >= 11 is 0. The van der Waals surface area contributed by atoms with Crippen LogP contribution in [-0.4, -0.2) is 16.8 Å². The molecule has 0 spiro atoms. The first-order chi connectivity index (χ1) is 7.65. The molecule has 1 rings (SSSR count). The monoisotopic (exact) mass is 212 g/mol. The van der Waals surface area contributed by atoms with Crippen molar-refractivity contribution in [3.8, 4) is 11.8 Å². The number of nitrogens with zero attached hydrogens (tertiary/aromatic N) is 2. The molecule has 0 radical (unpaired) electrons. The van der Waals surface area contributed by atoms with Gasteiger partial charge in [-0.1, -0.05) is 37.8 Å². The zero-order chi connectivity index (χ0) is 12.0. The third kappa shape index (κ3) is 3.20. The molecule has 0 amide bonds. The van der Waals surface area contributed by atoms with Gasteiger partial charge in [0.05, 0.1) is 0 Å². The van der Waals surface area contributed by atoms with E-state index >= 15 is 0 Å². The average Bonchev–Trinajstić information content (AvgIpc) is 2.27. The van der Waals surface area contributed by atoms with Crippen molar-refractivity contribution in [1.29, 1.82) is 0 Å². The first kappa shape index (κ1) is 11.9. The molecule has 0 aliphatic rings. The van der Waals surface area contributed by atoms with E-state index in [0.29, 0.717) is 11.1 Å². The molecule has 0 bridgehead atoms. The summed E-state index contributed by atoms with van der Waals surface area (Å²) in [6.45, 7) is 3.96. The first-order valence-electron chi connectivity index (χ1n) is 4.97. The summed E-state index contributed by atoms with van der Waals surface area (Å²) in [5.41, 5.74) is 9.43. The largest absolute Gasteiger partial charge is 0.361 e. The predicted octanol–water partition coefficient (Wildman–Crippen LogP) is 2.18. The van der Waals surface area contributed by atoms with Gasteiger partial charge in [-0.05, 0) is 12.1 Å². The van der Waals surface area contributed by atoms with Gasteiger partial charge in [0.25, 0.3) is 5.78 Å². The van der Waals surface area contributed by atoms with E-state index in [1.54, 1.807) is 18.2 Å². The van der Waals surface area contributed by atoms with E-state index in [1.165, 1.54) is 0 Å². The van der Waals surface area contributed by atoms with E-state index in [1.807, 2.05) is 19.9 Å². The van der Waals surface area contributed by atoms with Gasteiger partial charge in [-0.2, -0.15) is 4.79 Å². The molecule has 80 valence electrons. The highest BCUT2D eigenvalue weighted by Gasteiger charge is 2.10. The number of Topliss-reactive ketones (excluding diaryl/α,β-unsaturated/α-hetero) is 1. The zero-order valence-corrected chi connectivity index (χ0v) is 9.27. The molecule has 1 aromatic carbocycles. The molecule has 0 atom stereocenters. The van der Waals surface area contributed by atoms with E-state index in [-0.39, 0.29) is 11.7 Å². The maximum absolute atomic E-state index is 11.5. The molecule has 0 aromatic heterocycles. The summed E-state index contributed by atoms with van der Waals surface area (Å²) in [6.07, 6.45) is 0.871. The van der Waals surface area contributed by atoms with Crippen LogP contribution in [0.1, 0.15) is 29.8 Å². The van der Waals surface area contributed by atoms with Crippen LogP contribution in [0.2, 0.25) is 0 Å². The van der Waals surface area contributed by atoms with Gasteiger partial charge in [-0.25, -0.2) is 0 Å². The second kappa shape index (κ2) is 5.65. The lowest BCUT2D eigenvalue weighted by Gasteiger charge is -1.97. The summed E-state index contributed by atoms with van der Waals surface area (Å²) in [5.74, 6) is 5.82. The van der Waals surface area contributed by atoms with Gasteiger partial charge in [-0.3, -0.25) is 4.79 Å². The number of carbonyl (C=O) groups is 1. The molecular weight excluding hydrogens is 200 g/mol. The molecule has 0 aliphatic carbocycles. The molecule has 0 heterocycles. The first-order valence-corrected chi connectivity index (χ1v) is 4.97. The van der Waals surface area contributed by atoms with E-state index in [4.69, 9.17) is 5.53 Å². The maximum Gasteiger partial charge on any atom is 0.328 e. The average molecular weight is 212 g/mol. The van der Waals surface area contributed by atoms with E-state index in [9.17, 15) is 4.79 Å².